The number of carbonyl (C=O) groups is 2. The predicted molar refractivity (Wildman–Crippen MR) is 98.1 cm³/mol. The van der Waals surface area contributed by atoms with Crippen LogP contribution < -0.4 is 10.6 Å². The van der Waals surface area contributed by atoms with E-state index in [-0.39, 0.29) is 29.9 Å². The van der Waals surface area contributed by atoms with Gasteiger partial charge < -0.3 is 15.7 Å². The molecule has 0 saturated heterocycles. The lowest BCUT2D eigenvalue weighted by atomic mass is 10.2. The maximum Gasteiger partial charge on any atom is 0.234 e. The van der Waals surface area contributed by atoms with E-state index in [0.717, 1.165) is 16.8 Å². The standard InChI is InChI=1S/C18H20N2O3S/c1-13-5-7-15(8-6-13)19-17(22)11-24-12-18(23)20-16-4-2-3-14(9-16)10-21/h2-9,21H,10-12H2,1H3,(H,19,22)(H,20,23). The van der Waals surface area contributed by atoms with Crippen LogP contribution in [0.3, 0.4) is 0 Å². The second-order valence-corrected chi connectivity index (χ2v) is 6.30. The minimum atomic E-state index is -0.182. The summed E-state index contributed by atoms with van der Waals surface area (Å²) >= 11 is 1.25. The quantitative estimate of drug-likeness (QED) is 0.722. The van der Waals surface area contributed by atoms with Crippen LogP contribution >= 0.6 is 11.8 Å². The number of rotatable bonds is 7. The summed E-state index contributed by atoms with van der Waals surface area (Å²) in [6, 6.07) is 14.6. The Morgan fingerprint density at radius 1 is 0.958 bits per heavy atom. The molecule has 0 saturated carbocycles. The largest absolute Gasteiger partial charge is 0.392 e. The van der Waals surface area contributed by atoms with E-state index in [1.807, 2.05) is 31.2 Å². The summed E-state index contributed by atoms with van der Waals surface area (Å²) in [7, 11) is 0. The number of aliphatic hydroxyl groups excluding tert-OH is 1. The molecule has 126 valence electrons. The van der Waals surface area contributed by atoms with Crippen molar-refractivity contribution in [1.82, 2.24) is 0 Å². The number of anilines is 2. The number of thioether (sulfide) groups is 1. The molecule has 0 heterocycles. The van der Waals surface area contributed by atoms with Gasteiger partial charge in [-0.15, -0.1) is 11.8 Å². The second-order valence-electron chi connectivity index (χ2n) is 5.31. The fourth-order valence-corrected chi connectivity index (χ4v) is 2.63. The zero-order chi connectivity index (χ0) is 17.4. The normalized spacial score (nSPS) is 10.2. The van der Waals surface area contributed by atoms with Crippen LogP contribution in [-0.4, -0.2) is 28.4 Å². The monoisotopic (exact) mass is 344 g/mol. The lowest BCUT2D eigenvalue weighted by Crippen LogP contribution is -2.18. The summed E-state index contributed by atoms with van der Waals surface area (Å²) in [5, 5.41) is 14.6. The number of hydrogen-bond donors (Lipinski definition) is 3. The zero-order valence-corrected chi connectivity index (χ0v) is 14.2. The van der Waals surface area contributed by atoms with Crippen LogP contribution in [0.4, 0.5) is 11.4 Å². The van der Waals surface area contributed by atoms with Crippen molar-refractivity contribution in [2.45, 2.75) is 13.5 Å². The van der Waals surface area contributed by atoms with Crippen LogP contribution in [0, 0.1) is 6.92 Å². The van der Waals surface area contributed by atoms with Crippen molar-refractivity contribution in [2.24, 2.45) is 0 Å². The Hall–Kier alpha value is -2.31. The molecule has 0 atom stereocenters. The molecule has 2 amide bonds. The molecular weight excluding hydrogens is 324 g/mol. The van der Waals surface area contributed by atoms with Crippen molar-refractivity contribution in [3.63, 3.8) is 0 Å². The number of aryl methyl sites for hydroxylation is 1. The molecular formula is C18H20N2O3S. The number of benzene rings is 2. The first-order chi connectivity index (χ1) is 11.6. The summed E-state index contributed by atoms with van der Waals surface area (Å²) in [5.74, 6) is 0.0694. The van der Waals surface area contributed by atoms with Crippen LogP contribution in [0.1, 0.15) is 11.1 Å². The van der Waals surface area contributed by atoms with E-state index >= 15 is 0 Å². The number of nitrogens with one attached hydrogen (secondary N) is 2. The first-order valence-electron chi connectivity index (χ1n) is 7.51. The Labute approximate surface area is 145 Å². The van der Waals surface area contributed by atoms with Gasteiger partial charge in [0.05, 0.1) is 18.1 Å². The highest BCUT2D eigenvalue weighted by Crippen LogP contribution is 2.12. The molecule has 5 nitrogen and oxygen atoms in total. The van der Waals surface area contributed by atoms with E-state index in [2.05, 4.69) is 10.6 Å². The van der Waals surface area contributed by atoms with Crippen molar-refractivity contribution < 1.29 is 14.7 Å². The summed E-state index contributed by atoms with van der Waals surface area (Å²) in [6.07, 6.45) is 0. The van der Waals surface area contributed by atoms with Crippen molar-refractivity contribution >= 4 is 35.0 Å². The molecule has 0 fully saturated rings. The van der Waals surface area contributed by atoms with Gasteiger partial charge in [-0.05, 0) is 36.8 Å². The third-order valence-corrected chi connectivity index (χ3v) is 4.13. The molecule has 0 spiro atoms. The molecule has 2 rings (SSSR count). The van der Waals surface area contributed by atoms with Crippen molar-refractivity contribution in [1.29, 1.82) is 0 Å². The maximum atomic E-state index is 11.9. The second kappa shape index (κ2) is 9.10. The van der Waals surface area contributed by atoms with E-state index in [1.54, 1.807) is 24.3 Å². The van der Waals surface area contributed by atoms with E-state index < -0.39 is 0 Å². The lowest BCUT2D eigenvalue weighted by Gasteiger charge is -2.07. The average molecular weight is 344 g/mol. The Balaban J connectivity index is 1.71. The van der Waals surface area contributed by atoms with Gasteiger partial charge in [0.1, 0.15) is 0 Å². The van der Waals surface area contributed by atoms with Crippen LogP contribution in [0.15, 0.2) is 48.5 Å². The Kier molecular flexibility index (Phi) is 6.84. The van der Waals surface area contributed by atoms with Gasteiger partial charge >= 0.3 is 0 Å². The molecule has 0 unspecified atom stereocenters. The molecule has 3 N–H and O–H groups in total. The fraction of sp³-hybridized carbons (Fsp3) is 0.222. The molecule has 0 aliphatic carbocycles. The Morgan fingerprint density at radius 3 is 2.21 bits per heavy atom. The lowest BCUT2D eigenvalue weighted by molar-refractivity contribution is -0.114. The number of amides is 2. The van der Waals surface area contributed by atoms with Gasteiger partial charge in [0.2, 0.25) is 11.8 Å². The highest BCUT2D eigenvalue weighted by Gasteiger charge is 2.07. The zero-order valence-electron chi connectivity index (χ0n) is 13.4. The van der Waals surface area contributed by atoms with Gasteiger partial charge in [0.15, 0.2) is 0 Å². The molecule has 0 radical (unpaired) electrons. The molecule has 2 aromatic carbocycles. The topological polar surface area (TPSA) is 78.4 Å². The fourth-order valence-electron chi connectivity index (χ4n) is 2.01. The average Bonchev–Trinajstić information content (AvgIpc) is 2.57. The molecule has 2 aromatic rings. The Bertz CT molecular complexity index is 702. The molecule has 0 aromatic heterocycles. The number of aliphatic hydroxyl groups is 1. The molecule has 0 aliphatic rings. The van der Waals surface area contributed by atoms with E-state index in [1.165, 1.54) is 11.8 Å². The summed E-state index contributed by atoms with van der Waals surface area (Å²) in [5.41, 5.74) is 3.25. The minimum Gasteiger partial charge on any atom is -0.392 e. The van der Waals surface area contributed by atoms with E-state index in [0.29, 0.717) is 5.69 Å². The summed E-state index contributed by atoms with van der Waals surface area (Å²) in [6.45, 7) is 1.91. The highest BCUT2D eigenvalue weighted by molar-refractivity contribution is 8.00. The van der Waals surface area contributed by atoms with Crippen LogP contribution in [-0.2, 0) is 16.2 Å². The summed E-state index contributed by atoms with van der Waals surface area (Å²) < 4.78 is 0. The van der Waals surface area contributed by atoms with Crippen molar-refractivity contribution in [3.8, 4) is 0 Å². The van der Waals surface area contributed by atoms with Crippen LogP contribution in [0.5, 0.6) is 0 Å². The summed E-state index contributed by atoms with van der Waals surface area (Å²) in [4.78, 5) is 23.7. The third-order valence-electron chi connectivity index (χ3n) is 3.19. The molecule has 0 bridgehead atoms. The van der Waals surface area contributed by atoms with E-state index in [9.17, 15) is 9.59 Å². The number of hydrogen-bond acceptors (Lipinski definition) is 4. The smallest absolute Gasteiger partial charge is 0.234 e. The van der Waals surface area contributed by atoms with Crippen LogP contribution in [0.2, 0.25) is 0 Å². The first-order valence-corrected chi connectivity index (χ1v) is 8.66. The maximum absolute atomic E-state index is 11.9. The molecule has 0 aliphatic heterocycles. The third kappa shape index (κ3) is 6.06. The Morgan fingerprint density at radius 2 is 1.58 bits per heavy atom. The number of carbonyl (C=O) groups excluding carboxylic acids is 2. The van der Waals surface area contributed by atoms with Gasteiger partial charge in [0, 0.05) is 11.4 Å². The SMILES string of the molecule is Cc1ccc(NC(=O)CSCC(=O)Nc2cccc(CO)c2)cc1. The predicted octanol–water partition coefficient (Wildman–Crippen LogP) is 2.80. The molecule has 24 heavy (non-hydrogen) atoms. The van der Waals surface area contributed by atoms with Crippen LogP contribution in [0.25, 0.3) is 0 Å². The first kappa shape index (κ1) is 18.0. The van der Waals surface area contributed by atoms with E-state index in [4.69, 9.17) is 5.11 Å². The molecule has 6 heteroatoms. The van der Waals surface area contributed by atoms with Crippen molar-refractivity contribution in [2.75, 3.05) is 22.1 Å². The van der Waals surface area contributed by atoms with Crippen molar-refractivity contribution in [3.05, 3.63) is 59.7 Å². The van der Waals surface area contributed by atoms with Gasteiger partial charge in [-0.2, -0.15) is 0 Å². The van der Waals surface area contributed by atoms with Gasteiger partial charge in [-0.1, -0.05) is 29.8 Å². The highest BCUT2D eigenvalue weighted by atomic mass is 32.2. The van der Waals surface area contributed by atoms with Gasteiger partial charge in [0.25, 0.3) is 0 Å². The minimum absolute atomic E-state index is 0.0718. The van der Waals surface area contributed by atoms with Gasteiger partial charge in [-0.25, -0.2) is 0 Å². The van der Waals surface area contributed by atoms with Gasteiger partial charge in [-0.3, -0.25) is 9.59 Å².